The largest absolute Gasteiger partial charge is 0.522 e. The van der Waals surface area contributed by atoms with Crippen LogP contribution >= 0.6 is 0 Å². The summed E-state index contributed by atoms with van der Waals surface area (Å²) in [6.07, 6.45) is -5.72. The predicted molar refractivity (Wildman–Crippen MR) is 58.4 cm³/mol. The molecule has 1 aliphatic heterocycles. The topological polar surface area (TPSA) is 27.7 Å². The Hall–Kier alpha value is -0.470. The standard InChI is InChI=1S/C12H17F5O3/c13-11(14,10-3-1-2-4-18-10)7-19-8-5-9(6-8)20-12(15,16)17/h8-10H,1-7H2/t8-,9+,10?. The summed E-state index contributed by atoms with van der Waals surface area (Å²) in [7, 11) is 0. The highest BCUT2D eigenvalue weighted by Gasteiger charge is 2.45. The van der Waals surface area contributed by atoms with Crippen LogP contribution in [0.4, 0.5) is 22.0 Å². The van der Waals surface area contributed by atoms with Gasteiger partial charge in [-0.25, -0.2) is 8.78 Å². The average Bonchev–Trinajstić information content (AvgIpc) is 2.32. The molecule has 0 bridgehead atoms. The Morgan fingerprint density at radius 2 is 1.70 bits per heavy atom. The monoisotopic (exact) mass is 304 g/mol. The summed E-state index contributed by atoms with van der Waals surface area (Å²) in [5.41, 5.74) is 0. The van der Waals surface area contributed by atoms with Gasteiger partial charge in [-0.3, -0.25) is 4.74 Å². The van der Waals surface area contributed by atoms with Gasteiger partial charge in [0.1, 0.15) is 12.7 Å². The van der Waals surface area contributed by atoms with E-state index in [0.29, 0.717) is 13.0 Å². The van der Waals surface area contributed by atoms with E-state index in [1.165, 1.54) is 0 Å². The van der Waals surface area contributed by atoms with Crippen LogP contribution in [-0.2, 0) is 14.2 Å². The summed E-state index contributed by atoms with van der Waals surface area (Å²) in [4.78, 5) is 0. The number of alkyl halides is 5. The van der Waals surface area contributed by atoms with Crippen molar-refractivity contribution in [2.75, 3.05) is 13.2 Å². The lowest BCUT2D eigenvalue weighted by Crippen LogP contribution is -2.46. The molecule has 1 aliphatic carbocycles. The third kappa shape index (κ3) is 4.53. The molecule has 1 saturated carbocycles. The fourth-order valence-corrected chi connectivity index (χ4v) is 2.33. The minimum atomic E-state index is -4.69. The van der Waals surface area contributed by atoms with E-state index in [9.17, 15) is 22.0 Å². The first-order valence-electron chi connectivity index (χ1n) is 6.62. The van der Waals surface area contributed by atoms with Gasteiger partial charge in [-0.2, -0.15) is 0 Å². The number of hydrogen-bond donors (Lipinski definition) is 0. The van der Waals surface area contributed by atoms with E-state index < -0.39 is 37.2 Å². The molecular formula is C12H17F5O3. The third-order valence-corrected chi connectivity index (χ3v) is 3.51. The van der Waals surface area contributed by atoms with Crippen molar-refractivity contribution in [3.05, 3.63) is 0 Å². The van der Waals surface area contributed by atoms with Gasteiger partial charge in [0, 0.05) is 19.4 Å². The van der Waals surface area contributed by atoms with E-state index in [0.717, 1.165) is 6.42 Å². The lowest BCUT2D eigenvalue weighted by molar-refractivity contribution is -0.358. The van der Waals surface area contributed by atoms with E-state index >= 15 is 0 Å². The molecule has 1 saturated heterocycles. The van der Waals surface area contributed by atoms with E-state index in [1.807, 2.05) is 0 Å². The summed E-state index contributed by atoms with van der Waals surface area (Å²) in [5, 5.41) is 0. The molecule has 1 heterocycles. The molecule has 0 N–H and O–H groups in total. The zero-order valence-electron chi connectivity index (χ0n) is 10.8. The Labute approximate surface area is 113 Å². The molecule has 0 spiro atoms. The lowest BCUT2D eigenvalue weighted by Gasteiger charge is -2.37. The van der Waals surface area contributed by atoms with Gasteiger partial charge in [-0.1, -0.05) is 0 Å². The first-order chi connectivity index (χ1) is 9.26. The van der Waals surface area contributed by atoms with E-state index in [-0.39, 0.29) is 19.3 Å². The molecule has 0 aromatic heterocycles. The first-order valence-corrected chi connectivity index (χ1v) is 6.62. The fourth-order valence-electron chi connectivity index (χ4n) is 2.33. The Morgan fingerprint density at radius 3 is 2.25 bits per heavy atom. The summed E-state index contributed by atoms with van der Waals surface area (Å²) in [5.74, 6) is -3.10. The number of hydrogen-bond acceptors (Lipinski definition) is 3. The molecule has 2 rings (SSSR count). The van der Waals surface area contributed by atoms with Crippen LogP contribution in [0.3, 0.4) is 0 Å². The first kappa shape index (κ1) is 15.9. The molecular weight excluding hydrogens is 287 g/mol. The van der Waals surface area contributed by atoms with Crippen molar-refractivity contribution in [3.63, 3.8) is 0 Å². The minimum absolute atomic E-state index is 0.0128. The molecule has 1 unspecified atom stereocenters. The number of rotatable bonds is 5. The highest BCUT2D eigenvalue weighted by atomic mass is 19.4. The van der Waals surface area contributed by atoms with E-state index in [2.05, 4.69) is 4.74 Å². The smallest absolute Gasteiger partial charge is 0.372 e. The molecule has 0 amide bonds. The van der Waals surface area contributed by atoms with Crippen molar-refractivity contribution >= 4 is 0 Å². The average molecular weight is 304 g/mol. The van der Waals surface area contributed by atoms with Crippen molar-refractivity contribution in [1.82, 2.24) is 0 Å². The Bertz CT molecular complexity index is 309. The van der Waals surface area contributed by atoms with Crippen molar-refractivity contribution in [2.24, 2.45) is 0 Å². The van der Waals surface area contributed by atoms with Crippen LogP contribution in [0.5, 0.6) is 0 Å². The zero-order chi connectivity index (χ0) is 14.8. The van der Waals surface area contributed by atoms with E-state index in [1.54, 1.807) is 0 Å². The Balaban J connectivity index is 1.66. The van der Waals surface area contributed by atoms with Crippen LogP contribution in [0.1, 0.15) is 32.1 Å². The van der Waals surface area contributed by atoms with Crippen molar-refractivity contribution in [3.8, 4) is 0 Å². The quantitative estimate of drug-likeness (QED) is 0.730. The zero-order valence-corrected chi connectivity index (χ0v) is 10.8. The van der Waals surface area contributed by atoms with Crippen LogP contribution in [0.2, 0.25) is 0 Å². The van der Waals surface area contributed by atoms with Crippen LogP contribution in [0, 0.1) is 0 Å². The van der Waals surface area contributed by atoms with Gasteiger partial charge in [-0.15, -0.1) is 13.2 Å². The van der Waals surface area contributed by atoms with Gasteiger partial charge in [0.2, 0.25) is 0 Å². The normalized spacial score (nSPS) is 31.9. The second-order valence-corrected chi connectivity index (χ2v) is 5.21. The maximum atomic E-state index is 13.7. The van der Waals surface area contributed by atoms with Crippen LogP contribution < -0.4 is 0 Å². The van der Waals surface area contributed by atoms with Gasteiger partial charge in [0.05, 0.1) is 12.2 Å². The molecule has 0 aromatic rings. The van der Waals surface area contributed by atoms with Gasteiger partial charge >= 0.3 is 6.36 Å². The van der Waals surface area contributed by atoms with Gasteiger partial charge in [0.25, 0.3) is 5.92 Å². The second kappa shape index (κ2) is 6.11. The Kier molecular flexibility index (Phi) is 4.86. The molecule has 8 heteroatoms. The molecule has 2 aliphatic rings. The molecule has 2 fully saturated rings. The molecule has 1 atom stereocenters. The number of halogens is 5. The SMILES string of the molecule is FC(F)(F)O[C@H]1C[C@@H](OCC(F)(F)C2CCCCO2)C1. The van der Waals surface area contributed by atoms with Gasteiger partial charge < -0.3 is 9.47 Å². The minimum Gasteiger partial charge on any atom is -0.372 e. The summed E-state index contributed by atoms with van der Waals surface area (Å²) >= 11 is 0. The second-order valence-electron chi connectivity index (χ2n) is 5.21. The van der Waals surface area contributed by atoms with Crippen molar-refractivity contribution in [1.29, 1.82) is 0 Å². The molecule has 0 aromatic carbocycles. The molecule has 118 valence electrons. The Morgan fingerprint density at radius 1 is 1.00 bits per heavy atom. The summed E-state index contributed by atoms with van der Waals surface area (Å²) in [6, 6.07) is 0. The summed E-state index contributed by atoms with van der Waals surface area (Å²) < 4.78 is 76.8. The molecule has 20 heavy (non-hydrogen) atoms. The summed E-state index contributed by atoms with van der Waals surface area (Å²) in [6.45, 7) is -0.508. The molecule has 3 nitrogen and oxygen atoms in total. The van der Waals surface area contributed by atoms with Crippen LogP contribution in [0.25, 0.3) is 0 Å². The number of ether oxygens (including phenoxy) is 3. The maximum absolute atomic E-state index is 13.7. The van der Waals surface area contributed by atoms with Crippen molar-refractivity contribution < 1.29 is 36.2 Å². The highest BCUT2D eigenvalue weighted by Crippen LogP contribution is 2.34. The fraction of sp³-hybridized carbons (Fsp3) is 1.00. The van der Waals surface area contributed by atoms with Crippen LogP contribution in [-0.4, -0.2) is 43.8 Å². The third-order valence-electron chi connectivity index (χ3n) is 3.51. The van der Waals surface area contributed by atoms with Crippen LogP contribution in [0.15, 0.2) is 0 Å². The predicted octanol–water partition coefficient (Wildman–Crippen LogP) is 3.27. The maximum Gasteiger partial charge on any atom is 0.522 e. The van der Waals surface area contributed by atoms with Gasteiger partial charge in [-0.05, 0) is 19.3 Å². The van der Waals surface area contributed by atoms with E-state index in [4.69, 9.17) is 9.47 Å². The van der Waals surface area contributed by atoms with Crippen molar-refractivity contribution in [2.45, 2.75) is 62.7 Å². The molecule has 0 radical (unpaired) electrons. The van der Waals surface area contributed by atoms with Gasteiger partial charge in [0.15, 0.2) is 0 Å². The lowest BCUT2D eigenvalue weighted by atomic mass is 9.92. The highest BCUT2D eigenvalue weighted by molar-refractivity contribution is 4.85.